The molecular formula is C12H21N3O5S. The lowest BCUT2D eigenvalue weighted by molar-refractivity contribution is -0.141. The number of aliphatic carboxylic acids is 1. The van der Waals surface area contributed by atoms with Gasteiger partial charge in [0.1, 0.15) is 6.04 Å². The number of carboxylic acid groups (broad SMARTS) is 1. The van der Waals surface area contributed by atoms with Crippen LogP contribution < -0.4 is 10.6 Å². The lowest BCUT2D eigenvalue weighted by Crippen LogP contribution is -2.54. The number of hydrogen-bond acceptors (Lipinski definition) is 5. The van der Waals surface area contributed by atoms with Gasteiger partial charge in [0.2, 0.25) is 5.91 Å². The zero-order valence-corrected chi connectivity index (χ0v) is 12.8. The van der Waals surface area contributed by atoms with E-state index in [2.05, 4.69) is 10.6 Å². The number of rotatable bonds is 7. The van der Waals surface area contributed by atoms with Crippen LogP contribution in [-0.4, -0.2) is 78.8 Å². The molecular weight excluding hydrogens is 298 g/mol. The van der Waals surface area contributed by atoms with Crippen LogP contribution in [0, 0.1) is 0 Å². The first-order chi connectivity index (χ1) is 10.1. The Morgan fingerprint density at radius 2 is 2.10 bits per heavy atom. The van der Waals surface area contributed by atoms with Crippen molar-refractivity contribution in [3.63, 3.8) is 0 Å². The van der Waals surface area contributed by atoms with Crippen LogP contribution in [0.5, 0.6) is 0 Å². The van der Waals surface area contributed by atoms with Crippen molar-refractivity contribution >= 4 is 29.7 Å². The fraction of sp³-hybridized carbons (Fsp3) is 0.750. The second-order valence-corrected chi connectivity index (χ2v) is 5.60. The van der Waals surface area contributed by atoms with Gasteiger partial charge >= 0.3 is 12.0 Å². The van der Waals surface area contributed by atoms with Crippen LogP contribution in [0.4, 0.5) is 4.79 Å². The number of ether oxygens (including phenoxy) is 1. The monoisotopic (exact) mass is 319 g/mol. The van der Waals surface area contributed by atoms with Crippen molar-refractivity contribution in [2.75, 3.05) is 44.9 Å². The Hall–Kier alpha value is -1.48. The van der Waals surface area contributed by atoms with Crippen molar-refractivity contribution in [3.8, 4) is 0 Å². The average Bonchev–Trinajstić information content (AvgIpc) is 2.47. The minimum absolute atomic E-state index is 0.149. The lowest BCUT2D eigenvalue weighted by Gasteiger charge is -2.32. The predicted molar refractivity (Wildman–Crippen MR) is 78.4 cm³/mol. The van der Waals surface area contributed by atoms with Crippen LogP contribution in [0.25, 0.3) is 0 Å². The van der Waals surface area contributed by atoms with E-state index in [9.17, 15) is 14.4 Å². The van der Waals surface area contributed by atoms with Crippen molar-refractivity contribution in [1.82, 2.24) is 15.5 Å². The Balaban J connectivity index is 2.29. The Kier molecular flexibility index (Phi) is 7.91. The summed E-state index contributed by atoms with van der Waals surface area (Å²) in [6.45, 7) is 1.43. The first kappa shape index (κ1) is 17.6. The van der Waals surface area contributed by atoms with Gasteiger partial charge in [0, 0.05) is 44.7 Å². The highest BCUT2D eigenvalue weighted by Gasteiger charge is 2.32. The third-order valence-electron chi connectivity index (χ3n) is 2.93. The number of hydrogen-bond donors (Lipinski definition) is 3. The summed E-state index contributed by atoms with van der Waals surface area (Å²) in [7, 11) is 1.54. The summed E-state index contributed by atoms with van der Waals surface area (Å²) >= 11 is 1.51. The molecule has 0 aliphatic carbocycles. The minimum Gasteiger partial charge on any atom is -0.480 e. The zero-order chi connectivity index (χ0) is 15.7. The molecule has 1 aliphatic rings. The molecule has 8 nitrogen and oxygen atoms in total. The molecule has 1 unspecified atom stereocenters. The van der Waals surface area contributed by atoms with Gasteiger partial charge in [-0.3, -0.25) is 4.79 Å². The Labute approximate surface area is 127 Å². The largest absolute Gasteiger partial charge is 0.480 e. The van der Waals surface area contributed by atoms with Crippen molar-refractivity contribution in [2.45, 2.75) is 12.5 Å². The summed E-state index contributed by atoms with van der Waals surface area (Å²) in [6.07, 6.45) is 0.149. The average molecular weight is 319 g/mol. The molecule has 1 saturated heterocycles. The van der Waals surface area contributed by atoms with Crippen molar-refractivity contribution < 1.29 is 24.2 Å². The number of carbonyl (C=O) groups is 3. The molecule has 0 radical (unpaired) electrons. The summed E-state index contributed by atoms with van der Waals surface area (Å²) in [5.74, 6) is -0.0828. The predicted octanol–water partition coefficient (Wildman–Crippen LogP) is -0.649. The van der Waals surface area contributed by atoms with E-state index in [-0.39, 0.29) is 18.9 Å². The second-order valence-electron chi connectivity index (χ2n) is 4.45. The number of nitrogens with zero attached hydrogens (tertiary/aromatic N) is 1. The van der Waals surface area contributed by atoms with E-state index in [4.69, 9.17) is 9.84 Å². The lowest BCUT2D eigenvalue weighted by atomic mass is 10.3. The molecule has 0 aromatic carbocycles. The van der Waals surface area contributed by atoms with Gasteiger partial charge in [-0.15, -0.1) is 0 Å². The quantitative estimate of drug-likeness (QED) is 0.538. The van der Waals surface area contributed by atoms with E-state index in [1.54, 1.807) is 7.11 Å². The van der Waals surface area contributed by atoms with Crippen LogP contribution in [0.1, 0.15) is 6.42 Å². The topological polar surface area (TPSA) is 108 Å². The Bertz CT molecular complexity index is 380. The van der Waals surface area contributed by atoms with Crippen molar-refractivity contribution in [2.24, 2.45) is 0 Å². The minimum atomic E-state index is -1.00. The third kappa shape index (κ3) is 6.21. The van der Waals surface area contributed by atoms with Gasteiger partial charge in [0.25, 0.3) is 0 Å². The van der Waals surface area contributed by atoms with E-state index in [0.717, 1.165) is 0 Å². The van der Waals surface area contributed by atoms with E-state index in [1.165, 1.54) is 16.7 Å². The maximum atomic E-state index is 11.9. The van der Waals surface area contributed by atoms with Crippen molar-refractivity contribution in [1.29, 1.82) is 0 Å². The molecule has 0 aromatic rings. The molecule has 0 spiro atoms. The molecule has 0 aromatic heterocycles. The number of nitrogens with one attached hydrogen (secondary N) is 2. The number of urea groups is 1. The Morgan fingerprint density at radius 3 is 2.76 bits per heavy atom. The van der Waals surface area contributed by atoms with Crippen LogP contribution in [0.15, 0.2) is 0 Å². The van der Waals surface area contributed by atoms with Crippen LogP contribution in [0.3, 0.4) is 0 Å². The molecule has 1 heterocycles. The number of carboxylic acids is 1. The van der Waals surface area contributed by atoms with Gasteiger partial charge in [0.05, 0.1) is 6.61 Å². The fourth-order valence-corrected chi connectivity index (χ4v) is 2.86. The van der Waals surface area contributed by atoms with Crippen LogP contribution in [0.2, 0.25) is 0 Å². The first-order valence-corrected chi connectivity index (χ1v) is 7.82. The molecule has 0 bridgehead atoms. The highest BCUT2D eigenvalue weighted by Crippen LogP contribution is 2.16. The Morgan fingerprint density at radius 1 is 1.33 bits per heavy atom. The standard InChI is InChI=1S/C12H21N3O5S/c1-20-6-4-13-10(16)2-3-14-12(19)15-5-7-21-8-9(15)11(17)18/h9H,2-8H2,1H3,(H,13,16)(H,14,19)(H,17,18). The summed E-state index contributed by atoms with van der Waals surface area (Å²) in [5, 5.41) is 14.3. The molecule has 120 valence electrons. The van der Waals surface area contributed by atoms with Gasteiger partial charge in [0.15, 0.2) is 0 Å². The number of amides is 3. The second kappa shape index (κ2) is 9.46. The molecule has 1 aliphatic heterocycles. The maximum absolute atomic E-state index is 11.9. The van der Waals surface area contributed by atoms with Gasteiger partial charge in [-0.05, 0) is 0 Å². The molecule has 1 rings (SSSR count). The van der Waals surface area contributed by atoms with E-state index < -0.39 is 18.0 Å². The molecule has 3 amide bonds. The molecule has 1 atom stereocenters. The summed E-state index contributed by atoms with van der Waals surface area (Å²) < 4.78 is 4.80. The maximum Gasteiger partial charge on any atom is 0.327 e. The fourth-order valence-electron chi connectivity index (χ4n) is 1.82. The highest BCUT2D eigenvalue weighted by molar-refractivity contribution is 7.99. The molecule has 0 saturated carbocycles. The van der Waals surface area contributed by atoms with E-state index in [1.807, 2.05) is 0 Å². The number of carbonyl (C=O) groups excluding carboxylic acids is 2. The number of methoxy groups -OCH3 is 1. The van der Waals surface area contributed by atoms with E-state index in [0.29, 0.717) is 31.2 Å². The smallest absolute Gasteiger partial charge is 0.327 e. The molecule has 9 heteroatoms. The van der Waals surface area contributed by atoms with Gasteiger partial charge in [-0.1, -0.05) is 0 Å². The molecule has 1 fully saturated rings. The molecule has 3 N–H and O–H groups in total. The molecule has 21 heavy (non-hydrogen) atoms. The SMILES string of the molecule is COCCNC(=O)CCNC(=O)N1CCSCC1C(=O)O. The van der Waals surface area contributed by atoms with E-state index >= 15 is 0 Å². The van der Waals surface area contributed by atoms with Crippen LogP contribution >= 0.6 is 11.8 Å². The number of thioether (sulfide) groups is 1. The van der Waals surface area contributed by atoms with Gasteiger partial charge < -0.3 is 25.4 Å². The zero-order valence-electron chi connectivity index (χ0n) is 12.0. The summed E-state index contributed by atoms with van der Waals surface area (Å²) in [6, 6.07) is -1.24. The summed E-state index contributed by atoms with van der Waals surface area (Å²) in [5.41, 5.74) is 0. The van der Waals surface area contributed by atoms with Gasteiger partial charge in [-0.2, -0.15) is 11.8 Å². The van der Waals surface area contributed by atoms with Crippen molar-refractivity contribution in [3.05, 3.63) is 0 Å². The van der Waals surface area contributed by atoms with Crippen LogP contribution in [-0.2, 0) is 14.3 Å². The summed E-state index contributed by atoms with van der Waals surface area (Å²) in [4.78, 5) is 35.8. The highest BCUT2D eigenvalue weighted by atomic mass is 32.2. The first-order valence-electron chi connectivity index (χ1n) is 6.67. The normalized spacial score (nSPS) is 18.1. The third-order valence-corrected chi connectivity index (χ3v) is 3.95. The van der Waals surface area contributed by atoms with Gasteiger partial charge in [-0.25, -0.2) is 9.59 Å².